The maximum absolute atomic E-state index is 2.31. The Kier molecular flexibility index (Phi) is 6.59. The van der Waals surface area contributed by atoms with Crippen LogP contribution in [0, 0.1) is 0 Å². The Labute approximate surface area is 202 Å². The highest BCUT2D eigenvalue weighted by atomic mass is 14.2. The first-order valence-corrected chi connectivity index (χ1v) is 11.6. The summed E-state index contributed by atoms with van der Waals surface area (Å²) in [4.78, 5) is 0. The fraction of sp³-hybridized carbons (Fsp3) is 0. The van der Waals surface area contributed by atoms with E-state index in [1.807, 2.05) is 0 Å². The minimum Gasteiger partial charge on any atom is -0.0622 e. The Balaban J connectivity index is 1.91. The van der Waals surface area contributed by atoms with E-state index in [0.717, 1.165) is 0 Å². The molecule has 0 aliphatic carbocycles. The molecule has 0 heterocycles. The molecule has 0 radical (unpaired) electrons. The normalized spacial score (nSPS) is 11.1. The zero-order chi connectivity index (χ0) is 23.0. The lowest BCUT2D eigenvalue weighted by molar-refractivity contribution is 1.52. The van der Waals surface area contributed by atoms with E-state index >= 15 is 0 Å². The Hall–Kier alpha value is -4.42. The van der Waals surface area contributed by atoms with Crippen molar-refractivity contribution in [3.63, 3.8) is 0 Å². The van der Waals surface area contributed by atoms with Crippen molar-refractivity contribution in [3.05, 3.63) is 179 Å². The van der Waals surface area contributed by atoms with E-state index in [9.17, 15) is 0 Å². The van der Waals surface area contributed by atoms with Gasteiger partial charge < -0.3 is 0 Å². The van der Waals surface area contributed by atoms with Crippen molar-refractivity contribution >= 4 is 22.8 Å². The summed E-state index contributed by atoms with van der Waals surface area (Å²) >= 11 is 0. The molecule has 0 aliphatic rings. The molecule has 0 nitrogen and oxygen atoms in total. The molecule has 0 aromatic heterocycles. The summed E-state index contributed by atoms with van der Waals surface area (Å²) in [5.41, 5.74) is 9.58. The van der Waals surface area contributed by atoms with E-state index in [1.165, 1.54) is 44.5 Å². The third-order valence-electron chi connectivity index (χ3n) is 5.90. The maximum atomic E-state index is 2.31. The summed E-state index contributed by atoms with van der Waals surface area (Å²) < 4.78 is 0. The highest BCUT2D eigenvalue weighted by Crippen LogP contribution is 2.41. The molecule has 5 aromatic rings. The van der Waals surface area contributed by atoms with Crippen LogP contribution in [0.5, 0.6) is 0 Å². The summed E-state index contributed by atoms with van der Waals surface area (Å²) in [7, 11) is 0. The third kappa shape index (κ3) is 4.82. The van der Waals surface area contributed by atoms with Gasteiger partial charge in [0.1, 0.15) is 0 Å². The maximum Gasteiger partial charge on any atom is -0.00206 e. The molecule has 0 atom stereocenters. The van der Waals surface area contributed by atoms with Crippen LogP contribution in [0.4, 0.5) is 0 Å². The third-order valence-corrected chi connectivity index (χ3v) is 5.90. The lowest BCUT2D eigenvalue weighted by Gasteiger charge is -2.21. The van der Waals surface area contributed by atoms with Crippen LogP contribution >= 0.6 is 0 Å². The van der Waals surface area contributed by atoms with E-state index in [0.29, 0.717) is 0 Å². The zero-order valence-corrected chi connectivity index (χ0v) is 19.0. The Morgan fingerprint density at radius 3 is 1.15 bits per heavy atom. The van der Waals surface area contributed by atoms with Gasteiger partial charge in [-0.2, -0.15) is 0 Å². The molecule has 0 amide bonds. The zero-order valence-electron chi connectivity index (χ0n) is 19.0. The van der Waals surface area contributed by atoms with Gasteiger partial charge in [-0.15, -0.1) is 0 Å². The van der Waals surface area contributed by atoms with Crippen molar-refractivity contribution in [2.75, 3.05) is 0 Å². The lowest BCUT2D eigenvalue weighted by Crippen LogP contribution is -1.99. The Morgan fingerprint density at radius 1 is 0.353 bits per heavy atom. The standard InChI is InChI=1S/C34H26/c1-6-16-27(17-7-1)26-32(28-18-8-2-9-19-28)34(31-24-14-5-15-25-31)33(29-20-10-3-11-21-29)30-22-12-4-13-23-30/h1-26H/b32-26-. The van der Waals surface area contributed by atoms with E-state index in [2.05, 4.69) is 158 Å². The molecule has 0 N–H and O–H groups in total. The molecule has 0 heteroatoms. The van der Waals surface area contributed by atoms with Gasteiger partial charge in [0, 0.05) is 0 Å². The molecule has 0 saturated heterocycles. The molecule has 162 valence electrons. The van der Waals surface area contributed by atoms with E-state index in [4.69, 9.17) is 0 Å². The molecule has 5 aromatic carbocycles. The molecule has 0 aliphatic heterocycles. The Morgan fingerprint density at radius 2 is 0.706 bits per heavy atom. The van der Waals surface area contributed by atoms with Crippen molar-refractivity contribution in [1.82, 2.24) is 0 Å². The molecule has 34 heavy (non-hydrogen) atoms. The SMILES string of the molecule is C(=C(/C(=C(c1ccccc1)c1ccccc1)c1ccccc1)c1ccccc1)/c1ccccc1. The average Bonchev–Trinajstić information content (AvgIpc) is 2.93. The lowest BCUT2D eigenvalue weighted by atomic mass is 9.82. The highest BCUT2D eigenvalue weighted by molar-refractivity contribution is 6.21. The van der Waals surface area contributed by atoms with Crippen LogP contribution in [0.15, 0.2) is 152 Å². The minimum absolute atomic E-state index is 1.18. The predicted octanol–water partition coefficient (Wildman–Crippen LogP) is 8.89. The van der Waals surface area contributed by atoms with E-state index in [1.54, 1.807) is 0 Å². The van der Waals surface area contributed by atoms with Gasteiger partial charge >= 0.3 is 0 Å². The van der Waals surface area contributed by atoms with Crippen LogP contribution < -0.4 is 0 Å². The number of hydrogen-bond acceptors (Lipinski definition) is 0. The summed E-state index contributed by atoms with van der Waals surface area (Å²) in [6.45, 7) is 0. The van der Waals surface area contributed by atoms with Crippen LogP contribution in [0.2, 0.25) is 0 Å². The topological polar surface area (TPSA) is 0 Å². The van der Waals surface area contributed by atoms with Crippen LogP contribution in [0.25, 0.3) is 22.8 Å². The van der Waals surface area contributed by atoms with Crippen LogP contribution in [-0.2, 0) is 0 Å². The first-order valence-electron chi connectivity index (χ1n) is 11.6. The number of hydrogen-bond donors (Lipinski definition) is 0. The number of allylic oxidation sites excluding steroid dienone is 2. The van der Waals surface area contributed by atoms with Gasteiger partial charge in [-0.3, -0.25) is 0 Å². The van der Waals surface area contributed by atoms with Crippen molar-refractivity contribution < 1.29 is 0 Å². The number of benzene rings is 5. The number of rotatable bonds is 6. The average molecular weight is 435 g/mol. The van der Waals surface area contributed by atoms with Crippen molar-refractivity contribution in [3.8, 4) is 0 Å². The fourth-order valence-corrected chi connectivity index (χ4v) is 4.34. The fourth-order valence-electron chi connectivity index (χ4n) is 4.34. The summed E-state index contributed by atoms with van der Waals surface area (Å²) in [5.74, 6) is 0. The molecule has 0 unspecified atom stereocenters. The summed E-state index contributed by atoms with van der Waals surface area (Å²) in [5, 5.41) is 0. The molecular weight excluding hydrogens is 408 g/mol. The van der Waals surface area contributed by atoms with Crippen molar-refractivity contribution in [2.24, 2.45) is 0 Å². The molecule has 0 bridgehead atoms. The molecule has 5 rings (SSSR count). The first kappa shape index (κ1) is 21.4. The second-order valence-corrected chi connectivity index (χ2v) is 8.18. The molecular formula is C34H26. The van der Waals surface area contributed by atoms with Gasteiger partial charge in [-0.25, -0.2) is 0 Å². The summed E-state index contributed by atoms with van der Waals surface area (Å²) in [6.07, 6.45) is 2.31. The quantitative estimate of drug-likeness (QED) is 0.185. The van der Waals surface area contributed by atoms with Gasteiger partial charge in [-0.1, -0.05) is 152 Å². The van der Waals surface area contributed by atoms with Crippen LogP contribution in [0.3, 0.4) is 0 Å². The van der Waals surface area contributed by atoms with Gasteiger partial charge in [0.25, 0.3) is 0 Å². The van der Waals surface area contributed by atoms with Gasteiger partial charge in [0.05, 0.1) is 0 Å². The minimum atomic E-state index is 1.18. The van der Waals surface area contributed by atoms with Crippen LogP contribution in [0.1, 0.15) is 27.8 Å². The molecule has 0 fully saturated rings. The van der Waals surface area contributed by atoms with Crippen molar-refractivity contribution in [1.29, 1.82) is 0 Å². The molecule has 0 spiro atoms. The van der Waals surface area contributed by atoms with Crippen LogP contribution in [-0.4, -0.2) is 0 Å². The summed E-state index contributed by atoms with van der Waals surface area (Å²) in [6, 6.07) is 53.4. The van der Waals surface area contributed by atoms with E-state index in [-0.39, 0.29) is 0 Å². The van der Waals surface area contributed by atoms with Gasteiger partial charge in [0.15, 0.2) is 0 Å². The first-order chi connectivity index (χ1) is 16.9. The Bertz CT molecular complexity index is 1340. The second kappa shape index (κ2) is 10.5. The largest absolute Gasteiger partial charge is 0.0622 e. The smallest absolute Gasteiger partial charge is 0.00206 e. The van der Waals surface area contributed by atoms with E-state index < -0.39 is 0 Å². The monoisotopic (exact) mass is 434 g/mol. The second-order valence-electron chi connectivity index (χ2n) is 8.18. The predicted molar refractivity (Wildman–Crippen MR) is 146 cm³/mol. The van der Waals surface area contributed by atoms with Crippen molar-refractivity contribution in [2.45, 2.75) is 0 Å². The molecule has 0 saturated carbocycles. The highest BCUT2D eigenvalue weighted by Gasteiger charge is 2.19. The van der Waals surface area contributed by atoms with Gasteiger partial charge in [-0.05, 0) is 50.6 Å². The van der Waals surface area contributed by atoms with Gasteiger partial charge in [0.2, 0.25) is 0 Å².